The molecule has 0 saturated carbocycles. The van der Waals surface area contributed by atoms with Crippen LogP contribution in [-0.4, -0.2) is 25.3 Å². The molecule has 0 aliphatic rings. The first-order valence-electron chi connectivity index (χ1n) is 9.87. The summed E-state index contributed by atoms with van der Waals surface area (Å²) in [4.78, 5) is 23.2. The third-order valence-corrected chi connectivity index (χ3v) is 4.93. The molecule has 1 amide bonds. The van der Waals surface area contributed by atoms with Crippen LogP contribution >= 0.6 is 0 Å². The Morgan fingerprint density at radius 2 is 1.78 bits per heavy atom. The first-order valence-corrected chi connectivity index (χ1v) is 9.87. The maximum atomic E-state index is 13.7. The van der Waals surface area contributed by atoms with Crippen LogP contribution in [0.25, 0.3) is 0 Å². The van der Waals surface area contributed by atoms with Crippen LogP contribution in [0.4, 0.5) is 13.2 Å². The van der Waals surface area contributed by atoms with E-state index < -0.39 is 17.5 Å². The van der Waals surface area contributed by atoms with Gasteiger partial charge in [0, 0.05) is 43.4 Å². The van der Waals surface area contributed by atoms with Crippen molar-refractivity contribution >= 4 is 5.91 Å². The van der Waals surface area contributed by atoms with Crippen molar-refractivity contribution < 1.29 is 18.0 Å². The Morgan fingerprint density at radius 1 is 0.906 bits per heavy atom. The Labute approximate surface area is 182 Å². The van der Waals surface area contributed by atoms with Gasteiger partial charge in [-0.25, -0.2) is 18.2 Å². The summed E-state index contributed by atoms with van der Waals surface area (Å²) in [6.07, 6.45) is 6.56. The number of pyridine rings is 1. The molecule has 0 unspecified atom stereocenters. The third-order valence-electron chi connectivity index (χ3n) is 4.93. The number of hydrogen-bond acceptors (Lipinski definition) is 3. The second-order valence-electron chi connectivity index (χ2n) is 7.25. The fourth-order valence-corrected chi connectivity index (χ4v) is 3.36. The molecule has 0 spiro atoms. The van der Waals surface area contributed by atoms with Crippen LogP contribution in [0.1, 0.15) is 27.3 Å². The van der Waals surface area contributed by atoms with Crippen LogP contribution in [0.2, 0.25) is 0 Å². The topological polar surface area (TPSA) is 51.0 Å². The van der Waals surface area contributed by atoms with Gasteiger partial charge in [0.2, 0.25) is 0 Å². The van der Waals surface area contributed by atoms with Gasteiger partial charge in [0.15, 0.2) is 11.6 Å². The minimum Gasteiger partial charge on any atom is -0.329 e. The molecule has 0 saturated heterocycles. The Hall–Kier alpha value is -3.94. The van der Waals surface area contributed by atoms with E-state index in [-0.39, 0.29) is 31.1 Å². The summed E-state index contributed by atoms with van der Waals surface area (Å²) >= 11 is 0. The van der Waals surface area contributed by atoms with Gasteiger partial charge in [-0.05, 0) is 47.5 Å². The molecule has 0 aliphatic carbocycles. The van der Waals surface area contributed by atoms with Crippen molar-refractivity contribution in [3.8, 4) is 0 Å². The zero-order chi connectivity index (χ0) is 22.5. The lowest BCUT2D eigenvalue weighted by Gasteiger charge is -2.23. The molecule has 2 heterocycles. The van der Waals surface area contributed by atoms with Gasteiger partial charge in [-0.15, -0.1) is 0 Å². The number of nitrogens with zero attached hydrogens (tertiary/aromatic N) is 4. The number of rotatable bonds is 7. The summed E-state index contributed by atoms with van der Waals surface area (Å²) < 4.78 is 42.3. The summed E-state index contributed by atoms with van der Waals surface area (Å²) in [5.41, 5.74) is 1.57. The van der Waals surface area contributed by atoms with E-state index in [4.69, 9.17) is 0 Å². The molecule has 2 aromatic carbocycles. The molecule has 0 radical (unpaired) electrons. The summed E-state index contributed by atoms with van der Waals surface area (Å²) in [6, 6.07) is 12.8. The molecule has 5 nitrogen and oxygen atoms in total. The standard InChI is InChI=1S/C24H19F3N4O/c25-20-5-1-4-19(12-20)24(32)31(15-18-3-2-8-28-13-18)16-23-29-9-10-30(23)14-17-6-7-21(26)22(27)11-17/h1-13H,14-16H2. The van der Waals surface area contributed by atoms with E-state index in [2.05, 4.69) is 9.97 Å². The minimum absolute atomic E-state index is 0.126. The molecule has 2 aromatic heterocycles. The SMILES string of the molecule is O=C(c1cccc(F)c1)N(Cc1cccnc1)Cc1nccn1Cc1ccc(F)c(F)c1. The summed E-state index contributed by atoms with van der Waals surface area (Å²) in [5.74, 6) is -2.16. The highest BCUT2D eigenvalue weighted by molar-refractivity contribution is 5.94. The molecule has 162 valence electrons. The van der Waals surface area contributed by atoms with Crippen LogP contribution in [-0.2, 0) is 19.6 Å². The van der Waals surface area contributed by atoms with Crippen molar-refractivity contribution in [3.63, 3.8) is 0 Å². The normalized spacial score (nSPS) is 10.8. The fraction of sp³-hybridized carbons (Fsp3) is 0.125. The predicted octanol–water partition coefficient (Wildman–Crippen LogP) is 4.59. The zero-order valence-electron chi connectivity index (χ0n) is 17.0. The van der Waals surface area contributed by atoms with Crippen LogP contribution in [0, 0.1) is 17.5 Å². The van der Waals surface area contributed by atoms with Crippen molar-refractivity contribution in [1.29, 1.82) is 0 Å². The molecule has 4 aromatic rings. The number of benzene rings is 2. The molecule has 0 fully saturated rings. The molecule has 32 heavy (non-hydrogen) atoms. The average Bonchev–Trinajstić information content (AvgIpc) is 3.22. The summed E-state index contributed by atoms with van der Waals surface area (Å²) in [7, 11) is 0. The van der Waals surface area contributed by atoms with Crippen LogP contribution in [0.3, 0.4) is 0 Å². The zero-order valence-corrected chi connectivity index (χ0v) is 17.0. The van der Waals surface area contributed by atoms with E-state index in [0.717, 1.165) is 17.7 Å². The van der Waals surface area contributed by atoms with Gasteiger partial charge in [0.05, 0.1) is 6.54 Å². The number of amides is 1. The van der Waals surface area contributed by atoms with Crippen LogP contribution in [0.5, 0.6) is 0 Å². The third kappa shape index (κ3) is 5.03. The van der Waals surface area contributed by atoms with E-state index in [1.54, 1.807) is 41.5 Å². The Kier molecular flexibility index (Phi) is 6.30. The highest BCUT2D eigenvalue weighted by atomic mass is 19.2. The average molecular weight is 436 g/mol. The number of hydrogen-bond donors (Lipinski definition) is 0. The van der Waals surface area contributed by atoms with E-state index in [1.807, 2.05) is 6.07 Å². The first-order chi connectivity index (χ1) is 15.5. The Morgan fingerprint density at radius 3 is 2.53 bits per heavy atom. The number of carbonyl (C=O) groups excluding carboxylic acids is 1. The van der Waals surface area contributed by atoms with Crippen molar-refractivity contribution in [2.24, 2.45) is 0 Å². The molecule has 8 heteroatoms. The highest BCUT2D eigenvalue weighted by Gasteiger charge is 2.20. The van der Waals surface area contributed by atoms with Crippen molar-refractivity contribution in [1.82, 2.24) is 19.4 Å². The second kappa shape index (κ2) is 9.47. The van der Waals surface area contributed by atoms with Gasteiger partial charge in [-0.2, -0.15) is 0 Å². The van der Waals surface area contributed by atoms with Gasteiger partial charge in [-0.1, -0.05) is 18.2 Å². The molecular weight excluding hydrogens is 417 g/mol. The lowest BCUT2D eigenvalue weighted by atomic mass is 10.1. The monoisotopic (exact) mass is 436 g/mol. The van der Waals surface area contributed by atoms with Gasteiger partial charge < -0.3 is 9.47 Å². The first kappa shape index (κ1) is 21.3. The van der Waals surface area contributed by atoms with Crippen molar-refractivity contribution in [3.05, 3.63) is 119 Å². The smallest absolute Gasteiger partial charge is 0.254 e. The highest BCUT2D eigenvalue weighted by Crippen LogP contribution is 2.16. The molecule has 0 aliphatic heterocycles. The maximum Gasteiger partial charge on any atom is 0.254 e. The maximum absolute atomic E-state index is 13.7. The van der Waals surface area contributed by atoms with Crippen molar-refractivity contribution in [2.75, 3.05) is 0 Å². The van der Waals surface area contributed by atoms with E-state index in [1.165, 1.54) is 29.2 Å². The number of imidazole rings is 1. The predicted molar refractivity (Wildman–Crippen MR) is 112 cm³/mol. The minimum atomic E-state index is -0.927. The lowest BCUT2D eigenvalue weighted by Crippen LogP contribution is -2.31. The quantitative estimate of drug-likeness (QED) is 0.426. The molecule has 0 bridgehead atoms. The van der Waals surface area contributed by atoms with Crippen molar-refractivity contribution in [2.45, 2.75) is 19.6 Å². The number of carbonyl (C=O) groups is 1. The summed E-state index contributed by atoms with van der Waals surface area (Å²) in [6.45, 7) is 0.615. The fourth-order valence-electron chi connectivity index (χ4n) is 3.36. The molecule has 0 atom stereocenters. The van der Waals surface area contributed by atoms with E-state index in [9.17, 15) is 18.0 Å². The van der Waals surface area contributed by atoms with Gasteiger partial charge in [-0.3, -0.25) is 9.78 Å². The Bertz CT molecular complexity index is 1230. The molecule has 4 rings (SSSR count). The van der Waals surface area contributed by atoms with E-state index >= 15 is 0 Å². The van der Waals surface area contributed by atoms with E-state index in [0.29, 0.717) is 11.4 Å². The Balaban J connectivity index is 1.60. The summed E-state index contributed by atoms with van der Waals surface area (Å²) in [5, 5.41) is 0. The second-order valence-corrected chi connectivity index (χ2v) is 7.25. The number of halogens is 3. The van der Waals surface area contributed by atoms with Crippen LogP contribution < -0.4 is 0 Å². The van der Waals surface area contributed by atoms with Gasteiger partial charge in [0.1, 0.15) is 11.6 Å². The molecule has 0 N–H and O–H groups in total. The molecular formula is C24H19F3N4O. The van der Waals surface area contributed by atoms with Crippen LogP contribution in [0.15, 0.2) is 79.4 Å². The largest absolute Gasteiger partial charge is 0.329 e. The number of aromatic nitrogens is 3. The van der Waals surface area contributed by atoms with Gasteiger partial charge in [0.25, 0.3) is 5.91 Å². The van der Waals surface area contributed by atoms with Gasteiger partial charge >= 0.3 is 0 Å². The lowest BCUT2D eigenvalue weighted by molar-refractivity contribution is 0.0723.